The Labute approximate surface area is 143 Å². The molecule has 0 bridgehead atoms. The molecule has 0 unspecified atom stereocenters. The van der Waals surface area contributed by atoms with Crippen LogP contribution in [-0.4, -0.2) is 39.9 Å². The molecule has 120 valence electrons. The third-order valence-electron chi connectivity index (χ3n) is 3.51. The van der Waals surface area contributed by atoms with Gasteiger partial charge in [0.2, 0.25) is 5.11 Å². The van der Waals surface area contributed by atoms with E-state index in [1.807, 2.05) is 30.3 Å². The molecule has 0 spiro atoms. The molecular formula is C17H13N3O3S. The molecule has 0 saturated carbocycles. The summed E-state index contributed by atoms with van der Waals surface area (Å²) in [4.78, 5) is 25.1. The Bertz CT molecular complexity index is 836. The van der Waals surface area contributed by atoms with E-state index in [0.717, 1.165) is 10.7 Å². The average molecular weight is 339 g/mol. The number of carbonyl (C=O) groups excluding carboxylic acids is 1. The highest BCUT2D eigenvalue weighted by molar-refractivity contribution is 7.80. The summed E-state index contributed by atoms with van der Waals surface area (Å²) in [6.07, 6.45) is 1.34. The SMILES string of the molecule is O=C(O)c1ccccc1/C=N/N1C(=O)CN(c2ccccc2)C1=S. The number of nitrogens with zero attached hydrogens (tertiary/aromatic N) is 3. The number of para-hydroxylation sites is 1. The first kappa shape index (κ1) is 15.8. The van der Waals surface area contributed by atoms with Gasteiger partial charge in [-0.25, -0.2) is 4.79 Å². The summed E-state index contributed by atoms with van der Waals surface area (Å²) in [5.74, 6) is -1.33. The number of hydrazone groups is 1. The van der Waals surface area contributed by atoms with Crippen molar-refractivity contribution < 1.29 is 14.7 Å². The van der Waals surface area contributed by atoms with Gasteiger partial charge in [0.1, 0.15) is 6.54 Å². The molecule has 0 radical (unpaired) electrons. The van der Waals surface area contributed by atoms with Gasteiger partial charge in [-0.05, 0) is 30.4 Å². The van der Waals surface area contributed by atoms with E-state index in [2.05, 4.69) is 5.10 Å². The molecule has 7 heteroatoms. The fraction of sp³-hybridized carbons (Fsp3) is 0.0588. The maximum Gasteiger partial charge on any atom is 0.336 e. The summed E-state index contributed by atoms with van der Waals surface area (Å²) in [7, 11) is 0. The number of carboxylic acid groups (broad SMARTS) is 1. The number of hydrogen-bond donors (Lipinski definition) is 1. The fourth-order valence-electron chi connectivity index (χ4n) is 2.34. The Balaban J connectivity index is 1.85. The summed E-state index contributed by atoms with van der Waals surface area (Å²) in [5, 5.41) is 14.6. The van der Waals surface area contributed by atoms with Crippen molar-refractivity contribution in [2.45, 2.75) is 0 Å². The van der Waals surface area contributed by atoms with Gasteiger partial charge >= 0.3 is 5.97 Å². The van der Waals surface area contributed by atoms with Crippen molar-refractivity contribution in [3.63, 3.8) is 0 Å². The number of anilines is 1. The summed E-state index contributed by atoms with van der Waals surface area (Å²) in [6, 6.07) is 15.7. The molecule has 6 nitrogen and oxygen atoms in total. The fourth-order valence-corrected chi connectivity index (χ4v) is 2.66. The number of carbonyl (C=O) groups is 2. The molecule has 1 amide bonds. The van der Waals surface area contributed by atoms with Crippen LogP contribution in [-0.2, 0) is 4.79 Å². The smallest absolute Gasteiger partial charge is 0.336 e. The minimum Gasteiger partial charge on any atom is -0.478 e. The molecule has 1 saturated heterocycles. The van der Waals surface area contributed by atoms with Crippen LogP contribution in [0.5, 0.6) is 0 Å². The molecule has 1 aliphatic rings. The molecular weight excluding hydrogens is 326 g/mol. The van der Waals surface area contributed by atoms with Gasteiger partial charge in [0.05, 0.1) is 11.8 Å². The minimum absolute atomic E-state index is 0.0980. The van der Waals surface area contributed by atoms with E-state index in [-0.39, 0.29) is 23.1 Å². The van der Waals surface area contributed by atoms with Crippen molar-refractivity contribution in [2.24, 2.45) is 5.10 Å². The predicted octanol–water partition coefficient (Wildman–Crippen LogP) is 2.35. The van der Waals surface area contributed by atoms with Gasteiger partial charge in [-0.3, -0.25) is 4.79 Å². The Morgan fingerprint density at radius 2 is 1.79 bits per heavy atom. The van der Waals surface area contributed by atoms with Crippen LogP contribution in [0, 0.1) is 0 Å². The van der Waals surface area contributed by atoms with E-state index in [4.69, 9.17) is 12.2 Å². The Kier molecular flexibility index (Phi) is 4.35. The van der Waals surface area contributed by atoms with E-state index < -0.39 is 5.97 Å². The van der Waals surface area contributed by atoms with Gasteiger partial charge in [0.15, 0.2) is 0 Å². The molecule has 1 aliphatic heterocycles. The van der Waals surface area contributed by atoms with Crippen LogP contribution in [0.3, 0.4) is 0 Å². The topological polar surface area (TPSA) is 73.2 Å². The summed E-state index contributed by atoms with van der Waals surface area (Å²) in [6.45, 7) is 0.0980. The molecule has 24 heavy (non-hydrogen) atoms. The van der Waals surface area contributed by atoms with Gasteiger partial charge in [-0.1, -0.05) is 36.4 Å². The zero-order valence-corrected chi connectivity index (χ0v) is 13.3. The maximum atomic E-state index is 12.2. The highest BCUT2D eigenvalue weighted by Crippen LogP contribution is 2.21. The quantitative estimate of drug-likeness (QED) is 0.684. The number of thiocarbonyl (C=S) groups is 1. The molecule has 1 fully saturated rings. The Hall–Kier alpha value is -3.06. The lowest BCUT2D eigenvalue weighted by atomic mass is 10.1. The number of aromatic carboxylic acids is 1. The van der Waals surface area contributed by atoms with E-state index in [0.29, 0.717) is 5.56 Å². The van der Waals surface area contributed by atoms with Gasteiger partial charge in [-0.15, -0.1) is 0 Å². The van der Waals surface area contributed by atoms with Crippen LogP contribution >= 0.6 is 12.2 Å². The maximum absolute atomic E-state index is 12.2. The van der Waals surface area contributed by atoms with Gasteiger partial charge in [-0.2, -0.15) is 10.1 Å². The highest BCUT2D eigenvalue weighted by atomic mass is 32.1. The largest absolute Gasteiger partial charge is 0.478 e. The first-order valence-electron chi connectivity index (χ1n) is 7.14. The summed E-state index contributed by atoms with van der Waals surface area (Å²) < 4.78 is 0. The zero-order chi connectivity index (χ0) is 17.1. The zero-order valence-electron chi connectivity index (χ0n) is 12.5. The number of amides is 1. The lowest BCUT2D eigenvalue weighted by Crippen LogP contribution is -2.29. The molecule has 1 heterocycles. The van der Waals surface area contributed by atoms with Crippen molar-refractivity contribution in [3.8, 4) is 0 Å². The predicted molar refractivity (Wildman–Crippen MR) is 94.2 cm³/mol. The monoisotopic (exact) mass is 339 g/mol. The van der Waals surface area contributed by atoms with Crippen LogP contribution in [0.25, 0.3) is 0 Å². The van der Waals surface area contributed by atoms with Crippen molar-refractivity contribution in [2.75, 3.05) is 11.4 Å². The van der Waals surface area contributed by atoms with E-state index >= 15 is 0 Å². The Morgan fingerprint density at radius 1 is 1.12 bits per heavy atom. The lowest BCUT2D eigenvalue weighted by molar-refractivity contribution is -0.124. The van der Waals surface area contributed by atoms with Crippen molar-refractivity contribution in [1.82, 2.24) is 5.01 Å². The molecule has 1 N–H and O–H groups in total. The van der Waals surface area contributed by atoms with Gasteiger partial charge in [0, 0.05) is 11.3 Å². The number of carboxylic acids is 1. The second-order valence-electron chi connectivity index (χ2n) is 5.05. The summed E-state index contributed by atoms with van der Waals surface area (Å²) in [5.41, 5.74) is 1.32. The van der Waals surface area contributed by atoms with Gasteiger partial charge in [0.25, 0.3) is 5.91 Å². The second-order valence-corrected chi connectivity index (χ2v) is 5.41. The third kappa shape index (κ3) is 3.02. The molecule has 2 aromatic carbocycles. The van der Waals surface area contributed by atoms with Crippen molar-refractivity contribution in [1.29, 1.82) is 0 Å². The van der Waals surface area contributed by atoms with Crippen molar-refractivity contribution >= 4 is 41.1 Å². The second kappa shape index (κ2) is 6.59. The van der Waals surface area contributed by atoms with E-state index in [9.17, 15) is 14.7 Å². The highest BCUT2D eigenvalue weighted by Gasteiger charge is 2.33. The normalized spacial score (nSPS) is 14.7. The average Bonchev–Trinajstić information content (AvgIpc) is 2.88. The molecule has 0 aromatic heterocycles. The molecule has 3 rings (SSSR count). The van der Waals surface area contributed by atoms with Crippen LogP contribution in [0.1, 0.15) is 15.9 Å². The molecule has 2 aromatic rings. The lowest BCUT2D eigenvalue weighted by Gasteiger charge is -2.17. The standard InChI is InChI=1S/C17H13N3O3S/c21-15-11-19(13-7-2-1-3-8-13)17(24)20(15)18-10-12-6-4-5-9-14(12)16(22)23/h1-10H,11H2,(H,22,23)/b18-10+. The number of hydrogen-bond acceptors (Lipinski definition) is 4. The van der Waals surface area contributed by atoms with Gasteiger partial charge < -0.3 is 10.0 Å². The number of rotatable bonds is 4. The number of benzene rings is 2. The first-order valence-corrected chi connectivity index (χ1v) is 7.54. The molecule has 0 aliphatic carbocycles. The Morgan fingerprint density at radius 3 is 2.50 bits per heavy atom. The van der Waals surface area contributed by atoms with Crippen LogP contribution in [0.2, 0.25) is 0 Å². The minimum atomic E-state index is -1.06. The summed E-state index contributed by atoms with van der Waals surface area (Å²) >= 11 is 5.32. The van der Waals surface area contributed by atoms with Crippen LogP contribution < -0.4 is 4.90 Å². The van der Waals surface area contributed by atoms with E-state index in [1.54, 1.807) is 23.1 Å². The van der Waals surface area contributed by atoms with E-state index in [1.165, 1.54) is 12.3 Å². The van der Waals surface area contributed by atoms with Crippen LogP contribution in [0.15, 0.2) is 59.7 Å². The van der Waals surface area contributed by atoms with Crippen LogP contribution in [0.4, 0.5) is 5.69 Å². The first-order chi connectivity index (χ1) is 11.6. The van der Waals surface area contributed by atoms with Crippen molar-refractivity contribution in [3.05, 3.63) is 65.7 Å². The molecule has 0 atom stereocenters. The third-order valence-corrected chi connectivity index (χ3v) is 3.91.